The molecular weight excluding hydrogens is 432 g/mol. The van der Waals surface area contributed by atoms with Gasteiger partial charge in [0.2, 0.25) is 5.91 Å². The second kappa shape index (κ2) is 10.7. The zero-order chi connectivity index (χ0) is 24.1. The summed E-state index contributed by atoms with van der Waals surface area (Å²) < 4.78 is 5.67. The topological polar surface area (TPSA) is 105 Å². The number of ether oxygens (including phenoxy) is 1. The second-order valence-corrected chi connectivity index (χ2v) is 9.18. The Morgan fingerprint density at radius 3 is 2.24 bits per heavy atom. The molecule has 7 heteroatoms. The lowest BCUT2D eigenvalue weighted by molar-refractivity contribution is -0.138. The molecule has 34 heavy (non-hydrogen) atoms. The molecule has 2 aliphatic carbocycles. The van der Waals surface area contributed by atoms with Crippen LogP contribution in [0, 0.1) is 5.92 Å². The van der Waals surface area contributed by atoms with Crippen molar-refractivity contribution in [2.75, 3.05) is 6.61 Å². The number of rotatable bonds is 8. The highest BCUT2D eigenvalue weighted by atomic mass is 16.5. The first-order chi connectivity index (χ1) is 16.5. The summed E-state index contributed by atoms with van der Waals surface area (Å²) in [5.74, 6) is -1.55. The number of alkyl carbamates (subject to hydrolysis) is 1. The molecule has 3 atom stereocenters. The second-order valence-electron chi connectivity index (χ2n) is 9.18. The number of benzene rings is 2. The van der Waals surface area contributed by atoms with Crippen LogP contribution in [0.15, 0.2) is 48.5 Å². The number of carbonyl (C=O) groups is 3. The molecule has 2 amide bonds. The molecule has 0 spiro atoms. The molecule has 0 bridgehead atoms. The molecule has 2 aromatic rings. The molecule has 3 N–H and O–H groups in total. The smallest absolute Gasteiger partial charge is 0.407 e. The van der Waals surface area contributed by atoms with Crippen molar-refractivity contribution in [3.63, 3.8) is 0 Å². The first-order valence-corrected chi connectivity index (χ1v) is 12.1. The SMILES string of the molecule is CCC(CC(=O)O)NC(=O)[C@@H]1CCCC[C@@H]1NC(=O)OCC1c2ccccc2-c2ccccc21. The molecule has 2 aliphatic rings. The predicted molar refractivity (Wildman–Crippen MR) is 128 cm³/mol. The van der Waals surface area contributed by atoms with Crippen LogP contribution >= 0.6 is 0 Å². The van der Waals surface area contributed by atoms with Crippen molar-refractivity contribution in [2.45, 2.75) is 63.5 Å². The molecule has 0 aliphatic heterocycles. The van der Waals surface area contributed by atoms with E-state index in [0.29, 0.717) is 19.3 Å². The van der Waals surface area contributed by atoms with Gasteiger partial charge in [0.05, 0.1) is 12.3 Å². The zero-order valence-corrected chi connectivity index (χ0v) is 19.5. The summed E-state index contributed by atoms with van der Waals surface area (Å²) >= 11 is 0. The van der Waals surface area contributed by atoms with Gasteiger partial charge in [-0.3, -0.25) is 9.59 Å². The van der Waals surface area contributed by atoms with Crippen LogP contribution < -0.4 is 10.6 Å². The maximum atomic E-state index is 12.9. The number of aliphatic carboxylic acids is 1. The molecule has 1 unspecified atom stereocenters. The van der Waals surface area contributed by atoms with Gasteiger partial charge in [0.15, 0.2) is 0 Å². The van der Waals surface area contributed by atoms with E-state index in [4.69, 9.17) is 9.84 Å². The van der Waals surface area contributed by atoms with E-state index >= 15 is 0 Å². The van der Waals surface area contributed by atoms with Crippen molar-refractivity contribution >= 4 is 18.0 Å². The van der Waals surface area contributed by atoms with Gasteiger partial charge in [-0.2, -0.15) is 0 Å². The molecular formula is C27H32N2O5. The molecule has 0 aromatic heterocycles. The van der Waals surface area contributed by atoms with Crippen LogP contribution in [0.2, 0.25) is 0 Å². The molecule has 0 heterocycles. The van der Waals surface area contributed by atoms with E-state index in [0.717, 1.165) is 24.0 Å². The monoisotopic (exact) mass is 464 g/mol. The maximum Gasteiger partial charge on any atom is 0.407 e. The van der Waals surface area contributed by atoms with Gasteiger partial charge in [-0.15, -0.1) is 0 Å². The van der Waals surface area contributed by atoms with Gasteiger partial charge in [0.1, 0.15) is 6.61 Å². The Morgan fingerprint density at radius 2 is 1.62 bits per heavy atom. The number of nitrogens with one attached hydrogen (secondary N) is 2. The quantitative estimate of drug-likeness (QED) is 0.535. The number of hydrogen-bond donors (Lipinski definition) is 3. The fourth-order valence-electron chi connectivity index (χ4n) is 5.23. The van der Waals surface area contributed by atoms with Crippen LogP contribution in [0.5, 0.6) is 0 Å². The highest BCUT2D eigenvalue weighted by molar-refractivity contribution is 5.82. The Labute approximate surface area is 199 Å². The van der Waals surface area contributed by atoms with Crippen molar-refractivity contribution in [3.8, 4) is 11.1 Å². The van der Waals surface area contributed by atoms with Crippen molar-refractivity contribution in [1.82, 2.24) is 10.6 Å². The highest BCUT2D eigenvalue weighted by Crippen LogP contribution is 2.44. The number of carbonyl (C=O) groups excluding carboxylic acids is 2. The highest BCUT2D eigenvalue weighted by Gasteiger charge is 2.34. The molecule has 0 radical (unpaired) electrons. The first kappa shape index (κ1) is 23.8. The third kappa shape index (κ3) is 5.24. The third-order valence-corrected chi connectivity index (χ3v) is 7.01. The van der Waals surface area contributed by atoms with Crippen LogP contribution in [0.3, 0.4) is 0 Å². The molecule has 0 saturated heterocycles. The van der Waals surface area contributed by atoms with Crippen LogP contribution in [0.1, 0.15) is 62.5 Å². The summed E-state index contributed by atoms with van der Waals surface area (Å²) in [7, 11) is 0. The van der Waals surface area contributed by atoms with Gasteiger partial charge < -0.3 is 20.5 Å². The minimum Gasteiger partial charge on any atom is -0.481 e. The van der Waals surface area contributed by atoms with E-state index in [1.807, 2.05) is 31.2 Å². The summed E-state index contributed by atoms with van der Waals surface area (Å²) in [6.45, 7) is 2.07. The van der Waals surface area contributed by atoms with Gasteiger partial charge in [-0.25, -0.2) is 4.79 Å². The van der Waals surface area contributed by atoms with Crippen LogP contribution in [-0.4, -0.2) is 41.8 Å². The van der Waals surface area contributed by atoms with Gasteiger partial charge >= 0.3 is 12.1 Å². The van der Waals surface area contributed by atoms with Gasteiger partial charge in [-0.1, -0.05) is 68.3 Å². The molecule has 4 rings (SSSR count). The summed E-state index contributed by atoms with van der Waals surface area (Å²) in [5.41, 5.74) is 4.64. The Hall–Kier alpha value is -3.35. The predicted octanol–water partition coefficient (Wildman–Crippen LogP) is 4.45. The normalized spacial score (nSPS) is 20.0. The maximum absolute atomic E-state index is 12.9. The van der Waals surface area contributed by atoms with Crippen molar-refractivity contribution in [1.29, 1.82) is 0 Å². The van der Waals surface area contributed by atoms with E-state index in [9.17, 15) is 14.4 Å². The Bertz CT molecular complexity index is 1010. The minimum atomic E-state index is -0.941. The van der Waals surface area contributed by atoms with E-state index in [1.165, 1.54) is 11.1 Å². The minimum absolute atomic E-state index is 0.0232. The number of hydrogen-bond acceptors (Lipinski definition) is 4. The van der Waals surface area contributed by atoms with E-state index in [2.05, 4.69) is 34.9 Å². The Balaban J connectivity index is 1.37. The lowest BCUT2D eigenvalue weighted by Gasteiger charge is -2.32. The summed E-state index contributed by atoms with van der Waals surface area (Å²) in [4.78, 5) is 36.7. The third-order valence-electron chi connectivity index (χ3n) is 7.01. The number of carboxylic acids is 1. The standard InChI is InChI=1S/C27H32N2O5/c1-2-17(15-25(30)31)28-26(32)22-13-7-8-14-24(22)29-27(33)34-16-23-20-11-5-3-9-18(20)19-10-4-6-12-21(19)23/h3-6,9-12,17,22-24H,2,7-8,13-16H2,1H3,(H,28,32)(H,29,33)(H,30,31)/t17?,22-,24+/m1/s1. The van der Waals surface area contributed by atoms with E-state index in [-0.39, 0.29) is 30.9 Å². The molecule has 7 nitrogen and oxygen atoms in total. The Kier molecular flexibility index (Phi) is 7.50. The summed E-state index contributed by atoms with van der Waals surface area (Å²) in [5, 5.41) is 14.8. The molecule has 1 saturated carbocycles. The van der Waals surface area contributed by atoms with Gasteiger partial charge in [0.25, 0.3) is 0 Å². The lowest BCUT2D eigenvalue weighted by atomic mass is 9.83. The zero-order valence-electron chi connectivity index (χ0n) is 19.5. The van der Waals surface area contributed by atoms with Crippen LogP contribution in [-0.2, 0) is 14.3 Å². The molecule has 1 fully saturated rings. The van der Waals surface area contributed by atoms with Crippen molar-refractivity contribution in [2.24, 2.45) is 5.92 Å². The lowest BCUT2D eigenvalue weighted by Crippen LogP contribution is -2.50. The van der Waals surface area contributed by atoms with Gasteiger partial charge in [0, 0.05) is 18.0 Å². The van der Waals surface area contributed by atoms with Gasteiger partial charge in [-0.05, 0) is 41.5 Å². The Morgan fingerprint density at radius 1 is 1.00 bits per heavy atom. The fourth-order valence-corrected chi connectivity index (χ4v) is 5.23. The van der Waals surface area contributed by atoms with E-state index in [1.54, 1.807) is 0 Å². The fraction of sp³-hybridized carbons (Fsp3) is 0.444. The van der Waals surface area contributed by atoms with Crippen LogP contribution in [0.25, 0.3) is 11.1 Å². The largest absolute Gasteiger partial charge is 0.481 e. The summed E-state index contributed by atoms with van der Waals surface area (Å²) in [6, 6.07) is 15.6. The van der Waals surface area contributed by atoms with Crippen LogP contribution in [0.4, 0.5) is 4.79 Å². The van der Waals surface area contributed by atoms with E-state index < -0.39 is 24.0 Å². The van der Waals surface area contributed by atoms with Crippen molar-refractivity contribution < 1.29 is 24.2 Å². The number of amides is 2. The first-order valence-electron chi connectivity index (χ1n) is 12.1. The molecule has 180 valence electrons. The van der Waals surface area contributed by atoms with Crippen molar-refractivity contribution in [3.05, 3.63) is 59.7 Å². The average Bonchev–Trinajstić information content (AvgIpc) is 3.16. The number of fused-ring (bicyclic) bond motifs is 3. The summed E-state index contributed by atoms with van der Waals surface area (Å²) in [6.07, 6.45) is 3.07. The average molecular weight is 465 g/mol. The number of carboxylic acid groups (broad SMARTS) is 1. The molecule has 2 aromatic carbocycles.